The molecule has 0 spiro atoms. The van der Waals surface area contributed by atoms with Gasteiger partial charge in [-0.25, -0.2) is 0 Å². The monoisotopic (exact) mass is 194 g/mol. The first kappa shape index (κ1) is 8.99. The number of rotatable bonds is 2. The average molecular weight is 194 g/mol. The summed E-state index contributed by atoms with van der Waals surface area (Å²) in [4.78, 5) is 0. The SMILES string of the molecule is COc1cc2c(cc1OC)NCCN2. The van der Waals surface area contributed by atoms with Crippen LogP contribution in [-0.4, -0.2) is 27.3 Å². The molecule has 4 heteroatoms. The van der Waals surface area contributed by atoms with Gasteiger partial charge in [0.2, 0.25) is 0 Å². The van der Waals surface area contributed by atoms with Crippen molar-refractivity contribution in [1.29, 1.82) is 0 Å². The summed E-state index contributed by atoms with van der Waals surface area (Å²) >= 11 is 0. The number of hydrogen-bond donors (Lipinski definition) is 2. The molecule has 76 valence electrons. The number of hydrogen-bond acceptors (Lipinski definition) is 4. The average Bonchev–Trinajstić information content (AvgIpc) is 2.27. The molecule has 1 aromatic carbocycles. The van der Waals surface area contributed by atoms with Crippen LogP contribution in [0, 0.1) is 0 Å². The molecule has 1 aliphatic heterocycles. The van der Waals surface area contributed by atoms with Crippen molar-refractivity contribution in [3.8, 4) is 11.5 Å². The van der Waals surface area contributed by atoms with E-state index < -0.39 is 0 Å². The van der Waals surface area contributed by atoms with Crippen LogP contribution in [0.5, 0.6) is 11.5 Å². The molecule has 0 saturated carbocycles. The Morgan fingerprint density at radius 1 is 0.929 bits per heavy atom. The summed E-state index contributed by atoms with van der Waals surface area (Å²) in [6, 6.07) is 3.89. The molecule has 0 bridgehead atoms. The molecule has 0 amide bonds. The highest BCUT2D eigenvalue weighted by Gasteiger charge is 2.13. The fraction of sp³-hybridized carbons (Fsp3) is 0.400. The molecule has 0 aliphatic carbocycles. The topological polar surface area (TPSA) is 42.5 Å². The van der Waals surface area contributed by atoms with E-state index in [1.165, 1.54) is 0 Å². The molecule has 14 heavy (non-hydrogen) atoms. The second-order valence-corrected chi connectivity index (χ2v) is 3.11. The van der Waals surface area contributed by atoms with Crippen molar-refractivity contribution < 1.29 is 9.47 Å². The van der Waals surface area contributed by atoms with Crippen molar-refractivity contribution in [1.82, 2.24) is 0 Å². The Kier molecular flexibility index (Phi) is 2.35. The van der Waals surface area contributed by atoms with Gasteiger partial charge < -0.3 is 20.1 Å². The molecule has 0 aromatic heterocycles. The number of fused-ring (bicyclic) bond motifs is 1. The van der Waals surface area contributed by atoms with E-state index in [4.69, 9.17) is 9.47 Å². The molecule has 0 unspecified atom stereocenters. The molecule has 1 heterocycles. The molecule has 2 N–H and O–H groups in total. The van der Waals surface area contributed by atoms with Crippen LogP contribution in [-0.2, 0) is 0 Å². The lowest BCUT2D eigenvalue weighted by Crippen LogP contribution is -2.20. The molecule has 1 aromatic rings. The second kappa shape index (κ2) is 3.65. The summed E-state index contributed by atoms with van der Waals surface area (Å²) in [5.41, 5.74) is 2.13. The Hall–Kier alpha value is -1.58. The van der Waals surface area contributed by atoms with Crippen LogP contribution in [0.25, 0.3) is 0 Å². The Labute approximate surface area is 83.2 Å². The van der Waals surface area contributed by atoms with Crippen molar-refractivity contribution in [3.63, 3.8) is 0 Å². The van der Waals surface area contributed by atoms with E-state index in [1.807, 2.05) is 12.1 Å². The summed E-state index contributed by atoms with van der Waals surface area (Å²) in [6.45, 7) is 1.87. The molecular weight excluding hydrogens is 180 g/mol. The standard InChI is InChI=1S/C10H14N2O2/c1-13-9-5-7-8(6-10(9)14-2)12-4-3-11-7/h5-6,11-12H,3-4H2,1-2H3. The fourth-order valence-corrected chi connectivity index (χ4v) is 1.57. The Morgan fingerprint density at radius 2 is 1.36 bits per heavy atom. The maximum absolute atomic E-state index is 5.21. The highest BCUT2D eigenvalue weighted by atomic mass is 16.5. The van der Waals surface area contributed by atoms with Gasteiger partial charge in [-0.05, 0) is 0 Å². The zero-order valence-corrected chi connectivity index (χ0v) is 8.39. The lowest BCUT2D eigenvalue weighted by atomic mass is 10.2. The third-order valence-electron chi connectivity index (χ3n) is 2.28. The van der Waals surface area contributed by atoms with Gasteiger partial charge in [-0.2, -0.15) is 0 Å². The second-order valence-electron chi connectivity index (χ2n) is 3.11. The van der Waals surface area contributed by atoms with E-state index in [-0.39, 0.29) is 0 Å². The van der Waals surface area contributed by atoms with Crippen molar-refractivity contribution in [2.24, 2.45) is 0 Å². The fourth-order valence-electron chi connectivity index (χ4n) is 1.57. The van der Waals surface area contributed by atoms with Gasteiger partial charge in [0.25, 0.3) is 0 Å². The number of nitrogens with one attached hydrogen (secondary N) is 2. The van der Waals surface area contributed by atoms with Crippen LogP contribution >= 0.6 is 0 Å². The minimum absolute atomic E-state index is 0.752. The van der Waals surface area contributed by atoms with Crippen LogP contribution < -0.4 is 20.1 Å². The number of ether oxygens (including phenoxy) is 2. The molecule has 0 saturated heterocycles. The minimum Gasteiger partial charge on any atom is -0.493 e. The lowest BCUT2D eigenvalue weighted by Gasteiger charge is -2.21. The van der Waals surface area contributed by atoms with E-state index in [1.54, 1.807) is 14.2 Å². The van der Waals surface area contributed by atoms with E-state index in [9.17, 15) is 0 Å². The Morgan fingerprint density at radius 3 is 1.71 bits per heavy atom. The van der Waals surface area contributed by atoms with Crippen LogP contribution in [0.3, 0.4) is 0 Å². The van der Waals surface area contributed by atoms with Gasteiger partial charge in [-0.15, -0.1) is 0 Å². The predicted octanol–water partition coefficient (Wildman–Crippen LogP) is 1.54. The third-order valence-corrected chi connectivity index (χ3v) is 2.28. The van der Waals surface area contributed by atoms with Crippen molar-refractivity contribution in [2.45, 2.75) is 0 Å². The highest BCUT2D eigenvalue weighted by molar-refractivity contribution is 5.75. The van der Waals surface area contributed by atoms with Gasteiger partial charge in [0.1, 0.15) is 0 Å². The summed E-state index contributed by atoms with van der Waals surface area (Å²) in [5.74, 6) is 1.50. The molecule has 0 radical (unpaired) electrons. The van der Waals surface area contributed by atoms with Crippen molar-refractivity contribution in [3.05, 3.63) is 12.1 Å². The van der Waals surface area contributed by atoms with Crippen LogP contribution in [0.4, 0.5) is 11.4 Å². The summed E-state index contributed by atoms with van der Waals surface area (Å²) in [5, 5.41) is 6.58. The third kappa shape index (κ3) is 1.43. The molecule has 1 aliphatic rings. The van der Waals surface area contributed by atoms with Gasteiger partial charge in [-0.3, -0.25) is 0 Å². The first-order valence-corrected chi connectivity index (χ1v) is 4.59. The maximum Gasteiger partial charge on any atom is 0.162 e. The lowest BCUT2D eigenvalue weighted by molar-refractivity contribution is 0.355. The van der Waals surface area contributed by atoms with Crippen LogP contribution in [0.15, 0.2) is 12.1 Å². The number of anilines is 2. The van der Waals surface area contributed by atoms with Gasteiger partial charge in [0, 0.05) is 25.2 Å². The highest BCUT2D eigenvalue weighted by Crippen LogP contribution is 2.37. The first-order chi connectivity index (χ1) is 6.85. The quantitative estimate of drug-likeness (QED) is 0.749. The Bertz CT molecular complexity index is 295. The van der Waals surface area contributed by atoms with E-state index in [2.05, 4.69) is 10.6 Å². The zero-order valence-electron chi connectivity index (χ0n) is 8.39. The van der Waals surface area contributed by atoms with Gasteiger partial charge in [0.05, 0.1) is 25.6 Å². The summed E-state index contributed by atoms with van der Waals surface area (Å²) in [6.07, 6.45) is 0. The normalized spacial score (nSPS) is 13.6. The maximum atomic E-state index is 5.21. The smallest absolute Gasteiger partial charge is 0.162 e. The van der Waals surface area contributed by atoms with Gasteiger partial charge in [-0.1, -0.05) is 0 Å². The van der Waals surface area contributed by atoms with Crippen molar-refractivity contribution in [2.75, 3.05) is 37.9 Å². The van der Waals surface area contributed by atoms with E-state index in [0.717, 1.165) is 36.0 Å². The number of benzene rings is 1. The van der Waals surface area contributed by atoms with Crippen LogP contribution in [0.1, 0.15) is 0 Å². The number of methoxy groups -OCH3 is 2. The van der Waals surface area contributed by atoms with Crippen molar-refractivity contribution >= 4 is 11.4 Å². The van der Waals surface area contributed by atoms with E-state index in [0.29, 0.717) is 0 Å². The van der Waals surface area contributed by atoms with E-state index >= 15 is 0 Å². The molecule has 2 rings (SSSR count). The summed E-state index contributed by atoms with van der Waals surface area (Å²) in [7, 11) is 3.28. The summed E-state index contributed by atoms with van der Waals surface area (Å²) < 4.78 is 10.4. The molecular formula is C10H14N2O2. The van der Waals surface area contributed by atoms with Gasteiger partial charge >= 0.3 is 0 Å². The van der Waals surface area contributed by atoms with Crippen LogP contribution in [0.2, 0.25) is 0 Å². The molecule has 4 nitrogen and oxygen atoms in total. The zero-order chi connectivity index (χ0) is 9.97. The first-order valence-electron chi connectivity index (χ1n) is 4.59. The molecule has 0 atom stereocenters. The minimum atomic E-state index is 0.752. The Balaban J connectivity index is 2.43. The largest absolute Gasteiger partial charge is 0.493 e. The van der Waals surface area contributed by atoms with Gasteiger partial charge in [0.15, 0.2) is 11.5 Å². The molecule has 0 fully saturated rings. The predicted molar refractivity (Wildman–Crippen MR) is 56.5 cm³/mol.